The van der Waals surface area contributed by atoms with Crippen LogP contribution in [0.2, 0.25) is 5.02 Å². The Morgan fingerprint density at radius 3 is 2.66 bits per heavy atom. The SMILES string of the molecule is CCSCCOC(=O)C1=C(C)NC2=C(C(=O)[C@H](C(=O)OC)[C@H](C)C2)[C@H]1c1ccccc1Cl. The zero-order valence-electron chi connectivity index (χ0n) is 18.7. The topological polar surface area (TPSA) is 81.7 Å². The van der Waals surface area contributed by atoms with Crippen molar-refractivity contribution < 1.29 is 23.9 Å². The molecule has 0 bridgehead atoms. The lowest BCUT2D eigenvalue weighted by Gasteiger charge is -2.38. The van der Waals surface area contributed by atoms with E-state index in [2.05, 4.69) is 5.32 Å². The van der Waals surface area contributed by atoms with Crippen molar-refractivity contribution in [1.82, 2.24) is 5.32 Å². The van der Waals surface area contributed by atoms with Crippen molar-refractivity contribution in [2.24, 2.45) is 11.8 Å². The average Bonchev–Trinajstić information content (AvgIpc) is 2.75. The van der Waals surface area contributed by atoms with Crippen LogP contribution in [0.1, 0.15) is 38.7 Å². The minimum Gasteiger partial charge on any atom is -0.468 e. The number of dihydropyridines is 1. The predicted molar refractivity (Wildman–Crippen MR) is 125 cm³/mol. The van der Waals surface area contributed by atoms with E-state index in [1.807, 2.05) is 19.9 Å². The van der Waals surface area contributed by atoms with Gasteiger partial charge in [-0.25, -0.2) is 4.79 Å². The van der Waals surface area contributed by atoms with Gasteiger partial charge in [0.2, 0.25) is 0 Å². The summed E-state index contributed by atoms with van der Waals surface area (Å²) in [5, 5.41) is 3.68. The molecule has 0 saturated carbocycles. The van der Waals surface area contributed by atoms with Crippen LogP contribution in [0.3, 0.4) is 0 Å². The van der Waals surface area contributed by atoms with Crippen LogP contribution in [-0.4, -0.2) is 42.9 Å². The van der Waals surface area contributed by atoms with Crippen LogP contribution >= 0.6 is 23.4 Å². The van der Waals surface area contributed by atoms with Gasteiger partial charge < -0.3 is 14.8 Å². The Morgan fingerprint density at radius 1 is 1.28 bits per heavy atom. The molecule has 1 N–H and O–H groups in total. The first-order chi connectivity index (χ1) is 15.3. The zero-order valence-corrected chi connectivity index (χ0v) is 20.3. The lowest BCUT2D eigenvalue weighted by Crippen LogP contribution is -2.43. The van der Waals surface area contributed by atoms with E-state index in [0.717, 1.165) is 5.75 Å². The Hall–Kier alpha value is -2.25. The molecular formula is C24H28ClNO5S. The first-order valence-corrected chi connectivity index (χ1v) is 12.2. The van der Waals surface area contributed by atoms with Crippen molar-refractivity contribution in [2.45, 2.75) is 33.1 Å². The molecule has 3 rings (SSSR count). The molecule has 1 heterocycles. The maximum atomic E-state index is 13.6. The molecule has 0 saturated heterocycles. The van der Waals surface area contributed by atoms with Gasteiger partial charge in [-0.15, -0.1) is 0 Å². The highest BCUT2D eigenvalue weighted by atomic mass is 35.5. The third-order valence-electron chi connectivity index (χ3n) is 5.84. The second-order valence-electron chi connectivity index (χ2n) is 7.89. The third kappa shape index (κ3) is 4.74. The number of ketones is 1. The van der Waals surface area contributed by atoms with Crippen LogP contribution in [0.15, 0.2) is 46.8 Å². The molecule has 6 nitrogen and oxygen atoms in total. The molecular weight excluding hydrogens is 450 g/mol. The summed E-state index contributed by atoms with van der Waals surface area (Å²) in [6, 6.07) is 7.13. The number of hydrogen-bond donors (Lipinski definition) is 1. The lowest BCUT2D eigenvalue weighted by molar-refractivity contribution is -0.151. The number of hydrogen-bond acceptors (Lipinski definition) is 7. The molecule has 0 amide bonds. The Balaban J connectivity index is 2.09. The maximum Gasteiger partial charge on any atom is 0.336 e. The second-order valence-corrected chi connectivity index (χ2v) is 9.69. The van der Waals surface area contributed by atoms with E-state index in [1.54, 1.807) is 36.9 Å². The average molecular weight is 478 g/mol. The van der Waals surface area contributed by atoms with E-state index in [1.165, 1.54) is 7.11 Å². The van der Waals surface area contributed by atoms with Gasteiger partial charge in [0.1, 0.15) is 12.5 Å². The molecule has 0 fully saturated rings. The third-order valence-corrected chi connectivity index (χ3v) is 7.05. The van der Waals surface area contributed by atoms with Crippen LogP contribution in [0.5, 0.6) is 0 Å². The number of esters is 2. The fraction of sp³-hybridized carbons (Fsp3) is 0.458. The summed E-state index contributed by atoms with van der Waals surface area (Å²) in [5.74, 6) is -1.68. The Morgan fingerprint density at radius 2 is 2.00 bits per heavy atom. The van der Waals surface area contributed by atoms with Crippen LogP contribution < -0.4 is 5.32 Å². The summed E-state index contributed by atoms with van der Waals surface area (Å²) < 4.78 is 10.5. The van der Waals surface area contributed by atoms with Crippen molar-refractivity contribution in [2.75, 3.05) is 25.2 Å². The van der Waals surface area contributed by atoms with Gasteiger partial charge in [-0.2, -0.15) is 11.8 Å². The molecule has 2 aliphatic rings. The van der Waals surface area contributed by atoms with Gasteiger partial charge >= 0.3 is 11.9 Å². The minimum absolute atomic E-state index is 0.236. The monoisotopic (exact) mass is 477 g/mol. The van der Waals surface area contributed by atoms with Crippen molar-refractivity contribution in [1.29, 1.82) is 0 Å². The van der Waals surface area contributed by atoms with Gasteiger partial charge in [-0.3, -0.25) is 9.59 Å². The summed E-state index contributed by atoms with van der Waals surface area (Å²) in [6.45, 7) is 5.96. The molecule has 172 valence electrons. The van der Waals surface area contributed by atoms with Crippen molar-refractivity contribution in [3.63, 3.8) is 0 Å². The summed E-state index contributed by atoms with van der Waals surface area (Å²) >= 11 is 8.21. The number of allylic oxidation sites excluding steroid dienone is 3. The number of ether oxygens (including phenoxy) is 2. The number of methoxy groups -OCH3 is 1. The zero-order chi connectivity index (χ0) is 23.4. The number of carbonyl (C=O) groups is 3. The first-order valence-electron chi connectivity index (χ1n) is 10.6. The number of carbonyl (C=O) groups excluding carboxylic acids is 3. The van der Waals surface area contributed by atoms with Gasteiger partial charge in [0.05, 0.1) is 12.7 Å². The molecule has 8 heteroatoms. The van der Waals surface area contributed by atoms with Gasteiger partial charge in [-0.05, 0) is 36.6 Å². The van der Waals surface area contributed by atoms with Crippen molar-refractivity contribution >= 4 is 41.1 Å². The van der Waals surface area contributed by atoms with E-state index in [0.29, 0.717) is 45.3 Å². The number of Topliss-reactive ketones (excluding diaryl/α,β-unsaturated/α-hetero) is 1. The van der Waals surface area contributed by atoms with Crippen molar-refractivity contribution in [3.05, 3.63) is 57.4 Å². The highest BCUT2D eigenvalue weighted by Gasteiger charge is 2.47. The number of rotatable bonds is 7. The molecule has 1 aromatic carbocycles. The summed E-state index contributed by atoms with van der Waals surface area (Å²) in [6.07, 6.45) is 0.481. The quantitative estimate of drug-likeness (QED) is 0.357. The van der Waals surface area contributed by atoms with E-state index in [9.17, 15) is 14.4 Å². The predicted octanol–water partition coefficient (Wildman–Crippen LogP) is 4.25. The normalized spacial score (nSPS) is 22.9. The maximum absolute atomic E-state index is 13.6. The van der Waals surface area contributed by atoms with Crippen LogP contribution in [0.25, 0.3) is 0 Å². The standard InChI is InChI=1S/C24H28ClNO5S/c1-5-32-11-10-31-24(29)19-14(3)26-17-12-13(2)18(23(28)30-4)22(27)21(17)20(19)15-8-6-7-9-16(15)25/h6-9,13,18,20,26H,5,10-12H2,1-4H3/t13-,18-,20+/m1/s1. The molecule has 3 atom stereocenters. The van der Waals surface area contributed by atoms with E-state index >= 15 is 0 Å². The second kappa shape index (κ2) is 10.6. The Bertz CT molecular complexity index is 986. The fourth-order valence-corrected chi connectivity index (χ4v) is 5.12. The van der Waals surface area contributed by atoms with E-state index < -0.39 is 23.8 Å². The molecule has 0 aromatic heterocycles. The van der Waals surface area contributed by atoms with E-state index in [-0.39, 0.29) is 18.3 Å². The van der Waals surface area contributed by atoms with Crippen LogP contribution in [0.4, 0.5) is 0 Å². The smallest absolute Gasteiger partial charge is 0.336 e. The number of nitrogens with one attached hydrogen (secondary N) is 1. The molecule has 32 heavy (non-hydrogen) atoms. The highest BCUT2D eigenvalue weighted by Crippen LogP contribution is 2.46. The molecule has 0 radical (unpaired) electrons. The first kappa shape index (κ1) is 24.4. The summed E-state index contributed by atoms with van der Waals surface area (Å²) in [7, 11) is 1.28. The number of thioether (sulfide) groups is 1. The molecule has 1 aromatic rings. The van der Waals surface area contributed by atoms with Gasteiger partial charge in [0, 0.05) is 33.7 Å². The fourth-order valence-electron chi connectivity index (χ4n) is 4.39. The number of benzene rings is 1. The van der Waals surface area contributed by atoms with Gasteiger partial charge in [0.25, 0.3) is 0 Å². The summed E-state index contributed by atoms with van der Waals surface area (Å²) in [4.78, 5) is 39.2. The highest BCUT2D eigenvalue weighted by molar-refractivity contribution is 7.99. The number of halogens is 1. The molecule has 1 aliphatic heterocycles. The van der Waals surface area contributed by atoms with Crippen LogP contribution in [-0.2, 0) is 23.9 Å². The Kier molecular flexibility index (Phi) is 8.06. The van der Waals surface area contributed by atoms with Crippen molar-refractivity contribution in [3.8, 4) is 0 Å². The largest absolute Gasteiger partial charge is 0.468 e. The van der Waals surface area contributed by atoms with Gasteiger partial charge in [0.15, 0.2) is 5.78 Å². The molecule has 0 unspecified atom stereocenters. The lowest BCUT2D eigenvalue weighted by atomic mass is 9.69. The Labute approximate surface area is 197 Å². The van der Waals surface area contributed by atoms with Crippen LogP contribution in [0, 0.1) is 11.8 Å². The molecule has 0 spiro atoms. The minimum atomic E-state index is -0.929. The van der Waals surface area contributed by atoms with E-state index in [4.69, 9.17) is 21.1 Å². The molecule has 1 aliphatic carbocycles. The summed E-state index contributed by atoms with van der Waals surface area (Å²) in [5.41, 5.74) is 2.68. The van der Waals surface area contributed by atoms with Gasteiger partial charge in [-0.1, -0.05) is 43.6 Å².